The fourth-order valence-electron chi connectivity index (χ4n) is 6.02. The van der Waals surface area contributed by atoms with Crippen molar-refractivity contribution in [3.63, 3.8) is 0 Å². The van der Waals surface area contributed by atoms with Crippen molar-refractivity contribution in [3.05, 3.63) is 0 Å². The molecule has 0 bridgehead atoms. The largest absolute Gasteiger partial charge is 0.341 e. The van der Waals surface area contributed by atoms with Gasteiger partial charge in [0.1, 0.15) is 0 Å². The van der Waals surface area contributed by atoms with Gasteiger partial charge in [-0.15, -0.1) is 0 Å². The van der Waals surface area contributed by atoms with Gasteiger partial charge in [-0.3, -0.25) is 14.5 Å². The standard InChI is InChI=1S/C22H38N4O2/c1-16-11-17(2)14-26(13-16)21(27)15-24-7-9-25(10-8-24)22(28)20-12-18-5-3-4-6-19(18)23-20/h16-20,23H,3-15H2,1-2H3. The SMILES string of the molecule is CC1CC(C)CN(C(=O)CN2CCN(C(=O)C3CC4CCCCC4N3)CC2)C1. The lowest BCUT2D eigenvalue weighted by molar-refractivity contribution is -0.137. The van der Waals surface area contributed by atoms with E-state index in [0.29, 0.717) is 36.2 Å². The maximum Gasteiger partial charge on any atom is 0.239 e. The topological polar surface area (TPSA) is 55.9 Å². The number of nitrogens with zero attached hydrogens (tertiary/aromatic N) is 3. The van der Waals surface area contributed by atoms with Gasteiger partial charge in [0, 0.05) is 45.3 Å². The van der Waals surface area contributed by atoms with Gasteiger partial charge in [-0.05, 0) is 43.4 Å². The van der Waals surface area contributed by atoms with Gasteiger partial charge in [-0.2, -0.15) is 0 Å². The molecule has 4 rings (SSSR count). The third-order valence-corrected chi connectivity index (χ3v) is 7.43. The molecule has 6 heteroatoms. The summed E-state index contributed by atoms with van der Waals surface area (Å²) < 4.78 is 0. The van der Waals surface area contributed by atoms with Gasteiger partial charge in [0.25, 0.3) is 0 Å². The van der Waals surface area contributed by atoms with Crippen LogP contribution in [0.4, 0.5) is 0 Å². The van der Waals surface area contributed by atoms with Crippen molar-refractivity contribution < 1.29 is 9.59 Å². The second kappa shape index (κ2) is 8.70. The van der Waals surface area contributed by atoms with Crippen LogP contribution in [0.3, 0.4) is 0 Å². The van der Waals surface area contributed by atoms with E-state index in [1.807, 2.05) is 4.90 Å². The van der Waals surface area contributed by atoms with Crippen molar-refractivity contribution in [2.45, 2.75) is 64.5 Å². The van der Waals surface area contributed by atoms with E-state index < -0.39 is 0 Å². The van der Waals surface area contributed by atoms with E-state index in [1.54, 1.807) is 0 Å². The Morgan fingerprint density at radius 2 is 1.57 bits per heavy atom. The third-order valence-electron chi connectivity index (χ3n) is 7.43. The average Bonchev–Trinajstić information content (AvgIpc) is 3.11. The molecule has 3 heterocycles. The number of piperazine rings is 1. The van der Waals surface area contributed by atoms with E-state index in [1.165, 1.54) is 32.1 Å². The number of fused-ring (bicyclic) bond motifs is 1. The Labute approximate surface area is 170 Å². The smallest absolute Gasteiger partial charge is 0.239 e. The highest BCUT2D eigenvalue weighted by Crippen LogP contribution is 2.33. The van der Waals surface area contributed by atoms with E-state index >= 15 is 0 Å². The molecule has 0 radical (unpaired) electrons. The van der Waals surface area contributed by atoms with Crippen LogP contribution in [0.2, 0.25) is 0 Å². The zero-order valence-electron chi connectivity index (χ0n) is 17.7. The van der Waals surface area contributed by atoms with Crippen LogP contribution in [0.25, 0.3) is 0 Å². The zero-order chi connectivity index (χ0) is 19.7. The number of carbonyl (C=O) groups excluding carboxylic acids is 2. The molecule has 0 aromatic carbocycles. The van der Waals surface area contributed by atoms with Gasteiger partial charge in [0.15, 0.2) is 0 Å². The Bertz CT molecular complexity index is 551. The van der Waals surface area contributed by atoms with E-state index in [-0.39, 0.29) is 11.9 Å². The molecule has 5 atom stereocenters. The Balaban J connectivity index is 1.22. The molecule has 5 unspecified atom stereocenters. The third kappa shape index (κ3) is 4.54. The summed E-state index contributed by atoms with van der Waals surface area (Å²) in [5.74, 6) is 2.46. The zero-order valence-corrected chi connectivity index (χ0v) is 17.7. The number of hydrogen-bond donors (Lipinski definition) is 1. The first-order chi connectivity index (χ1) is 13.5. The molecule has 0 spiro atoms. The number of rotatable bonds is 3. The van der Waals surface area contributed by atoms with Crippen LogP contribution in [-0.2, 0) is 9.59 Å². The minimum absolute atomic E-state index is 0.0256. The Morgan fingerprint density at radius 3 is 2.25 bits per heavy atom. The lowest BCUT2D eigenvalue weighted by Crippen LogP contribution is -2.55. The Kier molecular flexibility index (Phi) is 6.26. The summed E-state index contributed by atoms with van der Waals surface area (Å²) in [6.45, 7) is 9.94. The van der Waals surface area contributed by atoms with E-state index in [4.69, 9.17) is 0 Å². The summed E-state index contributed by atoms with van der Waals surface area (Å²) in [6.07, 6.45) is 7.39. The highest BCUT2D eigenvalue weighted by atomic mass is 16.2. The molecule has 2 amide bonds. The Morgan fingerprint density at radius 1 is 0.893 bits per heavy atom. The highest BCUT2D eigenvalue weighted by molar-refractivity contribution is 5.82. The summed E-state index contributed by atoms with van der Waals surface area (Å²) in [5.41, 5.74) is 0. The first kappa shape index (κ1) is 20.1. The first-order valence-corrected chi connectivity index (χ1v) is 11.5. The van der Waals surface area contributed by atoms with E-state index in [0.717, 1.165) is 45.7 Å². The monoisotopic (exact) mass is 390 g/mol. The van der Waals surface area contributed by atoms with Crippen molar-refractivity contribution in [1.82, 2.24) is 20.0 Å². The minimum atomic E-state index is 0.0256. The lowest BCUT2D eigenvalue weighted by Gasteiger charge is -2.39. The van der Waals surface area contributed by atoms with Crippen LogP contribution >= 0.6 is 0 Å². The predicted molar refractivity (Wildman–Crippen MR) is 110 cm³/mol. The molecular formula is C22H38N4O2. The van der Waals surface area contributed by atoms with Crippen molar-refractivity contribution in [1.29, 1.82) is 0 Å². The molecule has 0 aromatic heterocycles. The molecule has 3 aliphatic heterocycles. The van der Waals surface area contributed by atoms with Crippen molar-refractivity contribution in [2.75, 3.05) is 45.8 Å². The van der Waals surface area contributed by atoms with Gasteiger partial charge in [0.05, 0.1) is 12.6 Å². The maximum atomic E-state index is 13.0. The van der Waals surface area contributed by atoms with Crippen molar-refractivity contribution >= 4 is 11.8 Å². The van der Waals surface area contributed by atoms with Gasteiger partial charge >= 0.3 is 0 Å². The van der Waals surface area contributed by atoms with Crippen LogP contribution in [0.15, 0.2) is 0 Å². The maximum absolute atomic E-state index is 13.0. The second-order valence-electron chi connectivity index (χ2n) is 9.95. The summed E-state index contributed by atoms with van der Waals surface area (Å²) >= 11 is 0. The number of carbonyl (C=O) groups is 2. The number of hydrogen-bond acceptors (Lipinski definition) is 4. The van der Waals surface area contributed by atoms with Crippen LogP contribution in [0.5, 0.6) is 0 Å². The molecule has 158 valence electrons. The predicted octanol–water partition coefficient (Wildman–Crippen LogP) is 1.56. The molecule has 1 saturated carbocycles. The average molecular weight is 391 g/mol. The quantitative estimate of drug-likeness (QED) is 0.795. The molecule has 0 aromatic rings. The van der Waals surface area contributed by atoms with Crippen LogP contribution in [0.1, 0.15) is 52.4 Å². The van der Waals surface area contributed by atoms with Crippen LogP contribution < -0.4 is 5.32 Å². The number of likely N-dealkylation sites (tertiary alicyclic amines) is 1. The molecular weight excluding hydrogens is 352 g/mol. The van der Waals surface area contributed by atoms with E-state index in [2.05, 4.69) is 29.0 Å². The highest BCUT2D eigenvalue weighted by Gasteiger charge is 2.40. The second-order valence-corrected chi connectivity index (χ2v) is 9.95. The van der Waals surface area contributed by atoms with Gasteiger partial charge in [-0.1, -0.05) is 26.7 Å². The molecule has 1 N–H and O–H groups in total. The minimum Gasteiger partial charge on any atom is -0.341 e. The Hall–Kier alpha value is -1.14. The molecule has 28 heavy (non-hydrogen) atoms. The van der Waals surface area contributed by atoms with Gasteiger partial charge in [-0.25, -0.2) is 0 Å². The fraction of sp³-hybridized carbons (Fsp3) is 0.909. The summed E-state index contributed by atoms with van der Waals surface area (Å²) in [6, 6.07) is 0.591. The van der Waals surface area contributed by atoms with Gasteiger partial charge in [0.2, 0.25) is 11.8 Å². The first-order valence-electron chi connectivity index (χ1n) is 11.5. The van der Waals surface area contributed by atoms with Crippen LogP contribution in [-0.4, -0.2) is 84.4 Å². The number of nitrogens with one attached hydrogen (secondary N) is 1. The lowest BCUT2D eigenvalue weighted by atomic mass is 9.85. The van der Waals surface area contributed by atoms with Crippen LogP contribution in [0, 0.1) is 17.8 Å². The van der Waals surface area contributed by atoms with Crippen molar-refractivity contribution in [3.8, 4) is 0 Å². The van der Waals surface area contributed by atoms with Crippen molar-refractivity contribution in [2.24, 2.45) is 17.8 Å². The molecule has 4 fully saturated rings. The summed E-state index contributed by atoms with van der Waals surface area (Å²) in [5, 5.41) is 3.62. The summed E-state index contributed by atoms with van der Waals surface area (Å²) in [7, 11) is 0. The normalized spacial score (nSPS) is 37.0. The number of piperidine rings is 1. The number of amides is 2. The summed E-state index contributed by atoms with van der Waals surface area (Å²) in [4.78, 5) is 32.0. The fourth-order valence-corrected chi connectivity index (χ4v) is 6.02. The molecule has 3 saturated heterocycles. The molecule has 1 aliphatic carbocycles. The molecule has 6 nitrogen and oxygen atoms in total. The van der Waals surface area contributed by atoms with E-state index in [9.17, 15) is 9.59 Å². The molecule has 4 aliphatic rings. The van der Waals surface area contributed by atoms with Gasteiger partial charge < -0.3 is 15.1 Å².